The van der Waals surface area contributed by atoms with Crippen LogP contribution in [-0.4, -0.2) is 134 Å². The molecule has 0 aliphatic carbocycles. The van der Waals surface area contributed by atoms with Gasteiger partial charge in [-0.15, -0.1) is 0 Å². The summed E-state index contributed by atoms with van der Waals surface area (Å²) in [5.74, 6) is -1.96. The van der Waals surface area contributed by atoms with Crippen LogP contribution < -0.4 is 21.2 Å². The van der Waals surface area contributed by atoms with Crippen molar-refractivity contribution in [2.75, 3.05) is 69.6 Å². The maximum absolute atomic E-state index is 15.9. The number of piperidine rings is 3. The molecule has 0 saturated carbocycles. The van der Waals surface area contributed by atoms with Crippen molar-refractivity contribution in [3.8, 4) is 5.69 Å². The number of hydrogen-bond acceptors (Lipinski definition) is 11. The largest absolute Gasteiger partial charge is 0.373 e. The lowest BCUT2D eigenvalue weighted by Gasteiger charge is -2.42. The lowest BCUT2D eigenvalue weighted by molar-refractivity contribution is -0.136. The molecule has 4 fully saturated rings. The second-order valence-corrected chi connectivity index (χ2v) is 20.8. The number of fused-ring (bicyclic) bond motifs is 2. The van der Waals surface area contributed by atoms with Crippen LogP contribution in [0, 0.1) is 17.6 Å². The number of likely N-dealkylation sites (tertiary alicyclic amines) is 2. The Hall–Kier alpha value is -6.37. The molecule has 5 aromatic rings. The zero-order valence-corrected chi connectivity index (χ0v) is 41.2. The van der Waals surface area contributed by atoms with Crippen LogP contribution in [-0.2, 0) is 39.9 Å². The van der Waals surface area contributed by atoms with Crippen LogP contribution in [0.15, 0.2) is 65.7 Å². The Morgan fingerprint density at radius 1 is 0.859 bits per heavy atom. The summed E-state index contributed by atoms with van der Waals surface area (Å²) in [6, 6.07) is 13.7. The summed E-state index contributed by atoms with van der Waals surface area (Å²) in [5.41, 5.74) is 4.08. The Bertz CT molecular complexity index is 2950. The number of rotatable bonds is 11. The monoisotopic (exact) mass is 971 g/mol. The number of benzene rings is 2. The van der Waals surface area contributed by atoms with E-state index in [1.807, 2.05) is 43.7 Å². The van der Waals surface area contributed by atoms with E-state index in [-0.39, 0.29) is 41.2 Å². The fourth-order valence-corrected chi connectivity index (χ4v) is 11.8. The van der Waals surface area contributed by atoms with Crippen LogP contribution in [0.5, 0.6) is 0 Å². The van der Waals surface area contributed by atoms with Crippen LogP contribution in [0.2, 0.25) is 0 Å². The molecule has 10 rings (SSSR count). The average molecular weight is 972 g/mol. The summed E-state index contributed by atoms with van der Waals surface area (Å²) in [6.45, 7) is 13.3. The molecule has 18 heteroatoms. The van der Waals surface area contributed by atoms with Crippen molar-refractivity contribution >= 4 is 46.2 Å². The molecule has 0 bridgehead atoms. The highest BCUT2D eigenvalue weighted by molar-refractivity contribution is 6.13. The Kier molecular flexibility index (Phi) is 13.1. The maximum atomic E-state index is 15.9. The summed E-state index contributed by atoms with van der Waals surface area (Å²) in [4.78, 5) is 84.0. The maximum Gasteiger partial charge on any atom is 0.354 e. The highest BCUT2D eigenvalue weighted by Gasteiger charge is 2.49. The van der Waals surface area contributed by atoms with Crippen LogP contribution >= 0.6 is 0 Å². The molecule has 1 unspecified atom stereocenters. The number of amides is 4. The van der Waals surface area contributed by atoms with Crippen LogP contribution in [0.3, 0.4) is 0 Å². The minimum Gasteiger partial charge on any atom is -0.373 e. The van der Waals surface area contributed by atoms with E-state index in [0.717, 1.165) is 79.1 Å². The van der Waals surface area contributed by atoms with Crippen LogP contribution in [0.4, 0.5) is 20.3 Å². The van der Waals surface area contributed by atoms with Gasteiger partial charge in [0.15, 0.2) is 0 Å². The molecule has 16 nitrogen and oxygen atoms in total. The summed E-state index contributed by atoms with van der Waals surface area (Å²) < 4.78 is 35.3. The number of hydrogen-bond donors (Lipinski definition) is 2. The minimum atomic E-state index is -0.797. The van der Waals surface area contributed by atoms with E-state index in [4.69, 9.17) is 0 Å². The van der Waals surface area contributed by atoms with Gasteiger partial charge in [-0.1, -0.05) is 12.1 Å². The smallest absolute Gasteiger partial charge is 0.354 e. The summed E-state index contributed by atoms with van der Waals surface area (Å²) in [6.07, 6.45) is 6.66. The van der Waals surface area contributed by atoms with Crippen LogP contribution in [0.25, 0.3) is 16.7 Å². The third kappa shape index (κ3) is 9.25. The molecule has 4 saturated heterocycles. The molecule has 0 radical (unpaired) electrons. The Labute approximate surface area is 412 Å². The number of halogens is 2. The number of nitrogens with zero attached hydrogens (tertiary/aromatic N) is 9. The van der Waals surface area contributed by atoms with E-state index >= 15 is 8.78 Å². The van der Waals surface area contributed by atoms with Gasteiger partial charge in [-0.2, -0.15) is 4.98 Å². The van der Waals surface area contributed by atoms with Crippen molar-refractivity contribution in [1.82, 2.24) is 44.0 Å². The van der Waals surface area contributed by atoms with E-state index in [1.54, 1.807) is 41.4 Å². The number of aryl methyl sites for hydroxylation is 1. The van der Waals surface area contributed by atoms with E-state index in [2.05, 4.69) is 48.3 Å². The molecule has 2 atom stereocenters. The van der Waals surface area contributed by atoms with E-state index in [1.165, 1.54) is 16.7 Å². The fourth-order valence-electron chi connectivity index (χ4n) is 11.8. The molecule has 8 heterocycles. The van der Waals surface area contributed by atoms with E-state index in [9.17, 15) is 24.0 Å². The lowest BCUT2D eigenvalue weighted by atomic mass is 9.85. The average Bonchev–Trinajstić information content (AvgIpc) is 3.77. The first-order valence-corrected chi connectivity index (χ1v) is 25.1. The summed E-state index contributed by atoms with van der Waals surface area (Å²) in [5, 5.41) is 6.11. The topological polar surface area (TPSA) is 161 Å². The number of carbonyl (C=O) groups is 4. The van der Waals surface area contributed by atoms with E-state index in [0.29, 0.717) is 75.5 Å². The SMILES string of the molecule is CNc1ccn(-c2ccnc3c2cc(CN2CCC(c4c(F)cc(C(=O)N5CCC(CN6CCN(Cc7ccc8c(c7)C(C)(C)C(=O)N8C7CCC(=O)NC7=O)C[C@@H]6C)CC5)cc4F)CC2)n3C)c(=O)n1. The van der Waals surface area contributed by atoms with Gasteiger partial charge in [0.05, 0.1) is 11.1 Å². The van der Waals surface area contributed by atoms with Gasteiger partial charge < -0.3 is 14.8 Å². The Morgan fingerprint density at radius 3 is 2.30 bits per heavy atom. The predicted octanol–water partition coefficient (Wildman–Crippen LogP) is 5.31. The highest BCUT2D eigenvalue weighted by Crippen LogP contribution is 2.44. The fraction of sp³-hybridized carbons (Fsp3) is 0.491. The molecule has 374 valence electrons. The number of aromatic nitrogens is 4. The first kappa shape index (κ1) is 48.3. The summed E-state index contributed by atoms with van der Waals surface area (Å²) >= 11 is 0. The number of carbonyl (C=O) groups excluding carboxylic acids is 4. The van der Waals surface area contributed by atoms with Gasteiger partial charge in [-0.3, -0.25) is 48.7 Å². The van der Waals surface area contributed by atoms with Gasteiger partial charge in [-0.25, -0.2) is 18.6 Å². The van der Waals surface area contributed by atoms with Crippen LogP contribution in [0.1, 0.15) is 98.0 Å². The van der Waals surface area contributed by atoms with Gasteiger partial charge in [0, 0.05) is 119 Å². The zero-order chi connectivity index (χ0) is 49.9. The standard InChI is InChI=1S/C53H63F2N11O5/c1-32-28-62(29-34-6-7-43-39(24-34)53(2,3)51(70)66(43)44-8-9-46(67)59-49(44)68)22-23-64(32)30-33-11-19-63(20-12-33)50(69)36-25-40(54)47(41(55)26-36)35-13-17-61(18-14-35)31-37-27-38-42(10-16-57-48(38)60(37)5)65-21-15-45(56-4)58-52(65)71/h6-7,10,15-16,21,24-27,32-33,35,44H,8-9,11-14,17-20,22-23,28-31H2,1-5H3,(H,56,58,71)(H,59,67,68)/t32-,44?/m0/s1. The second kappa shape index (κ2) is 19.3. The van der Waals surface area contributed by atoms with Crippen molar-refractivity contribution in [3.63, 3.8) is 0 Å². The molecule has 2 N–H and O–H groups in total. The summed E-state index contributed by atoms with van der Waals surface area (Å²) in [7, 11) is 3.66. The van der Waals surface area contributed by atoms with Gasteiger partial charge in [0.2, 0.25) is 17.7 Å². The zero-order valence-electron chi connectivity index (χ0n) is 41.2. The third-order valence-corrected chi connectivity index (χ3v) is 16.0. The molecule has 5 aliphatic rings. The molecule has 3 aromatic heterocycles. The number of anilines is 2. The molecule has 5 aliphatic heterocycles. The number of imide groups is 1. The first-order chi connectivity index (χ1) is 34.1. The Morgan fingerprint density at radius 2 is 1.61 bits per heavy atom. The molecule has 2 aromatic carbocycles. The molecule has 71 heavy (non-hydrogen) atoms. The second-order valence-electron chi connectivity index (χ2n) is 20.8. The highest BCUT2D eigenvalue weighted by atomic mass is 19.1. The molecule has 4 amide bonds. The quantitative estimate of drug-likeness (QED) is 0.165. The van der Waals surface area contributed by atoms with Gasteiger partial charge in [0.25, 0.3) is 5.91 Å². The van der Waals surface area contributed by atoms with Crippen molar-refractivity contribution in [2.45, 2.75) is 95.8 Å². The van der Waals surface area contributed by atoms with Crippen molar-refractivity contribution in [1.29, 1.82) is 0 Å². The molecular formula is C53H63F2N11O5. The van der Waals surface area contributed by atoms with Gasteiger partial charge in [-0.05, 0) is 125 Å². The van der Waals surface area contributed by atoms with E-state index < -0.39 is 34.7 Å². The third-order valence-electron chi connectivity index (χ3n) is 16.0. The normalized spacial score (nSPS) is 21.8. The minimum absolute atomic E-state index is 0.0503. The predicted molar refractivity (Wildman–Crippen MR) is 265 cm³/mol. The number of nitrogens with one attached hydrogen (secondary N) is 2. The van der Waals surface area contributed by atoms with Crippen molar-refractivity contribution in [2.24, 2.45) is 13.0 Å². The lowest BCUT2D eigenvalue weighted by Crippen LogP contribution is -2.55. The number of pyridine rings is 1. The van der Waals surface area contributed by atoms with Gasteiger partial charge in [0.1, 0.15) is 29.1 Å². The van der Waals surface area contributed by atoms with Gasteiger partial charge >= 0.3 is 5.69 Å². The van der Waals surface area contributed by atoms with Crippen molar-refractivity contribution < 1.29 is 28.0 Å². The molecule has 0 spiro atoms. The number of piperazine rings is 1. The molecular weight excluding hydrogens is 909 g/mol. The first-order valence-electron chi connectivity index (χ1n) is 25.1. The Balaban J connectivity index is 0.696. The van der Waals surface area contributed by atoms with Crippen molar-refractivity contribution in [3.05, 3.63) is 111 Å².